The number of benzene rings is 1. The lowest BCUT2D eigenvalue weighted by Crippen LogP contribution is -2.11. The van der Waals surface area contributed by atoms with Gasteiger partial charge in [0.05, 0.1) is 13.3 Å². The van der Waals surface area contributed by atoms with Gasteiger partial charge in [0.25, 0.3) is 0 Å². The molecule has 0 unspecified atom stereocenters. The summed E-state index contributed by atoms with van der Waals surface area (Å²) in [5.74, 6) is -0.326. The van der Waals surface area contributed by atoms with Gasteiger partial charge >= 0.3 is 5.97 Å². The number of hydrogen-bond donors (Lipinski definition) is 1. The first kappa shape index (κ1) is 12.2. The molecule has 0 fully saturated rings. The maximum atomic E-state index is 11.1. The van der Waals surface area contributed by atoms with Crippen molar-refractivity contribution in [1.29, 1.82) is 0 Å². The van der Waals surface area contributed by atoms with Gasteiger partial charge in [-0.05, 0) is 24.1 Å². The van der Waals surface area contributed by atoms with Gasteiger partial charge in [0.15, 0.2) is 0 Å². The number of aryl methyl sites for hydroxylation is 1. The minimum atomic E-state index is -0.326. The summed E-state index contributed by atoms with van der Waals surface area (Å²) in [5.41, 5.74) is 9.55. The Morgan fingerprint density at radius 1 is 1.44 bits per heavy atom. The number of rotatable bonds is 3. The van der Waals surface area contributed by atoms with Crippen molar-refractivity contribution in [3.63, 3.8) is 0 Å². The molecular weight excluding hydrogens is 230 g/mol. The molecule has 0 aliphatic rings. The van der Waals surface area contributed by atoms with Gasteiger partial charge in [-0.3, -0.25) is 9.48 Å². The normalized spacial score (nSPS) is 10.3. The average molecular weight is 245 g/mol. The third-order valence-corrected chi connectivity index (χ3v) is 2.76. The van der Waals surface area contributed by atoms with Crippen molar-refractivity contribution in [2.75, 3.05) is 12.8 Å². The van der Waals surface area contributed by atoms with Gasteiger partial charge in [-0.15, -0.1) is 0 Å². The van der Waals surface area contributed by atoms with E-state index < -0.39 is 0 Å². The first-order valence-electron chi connectivity index (χ1n) is 5.56. The zero-order valence-electron chi connectivity index (χ0n) is 10.4. The molecular formula is C13H15N3O2. The zero-order valence-corrected chi connectivity index (χ0v) is 10.4. The van der Waals surface area contributed by atoms with Gasteiger partial charge in [-0.1, -0.05) is 12.1 Å². The van der Waals surface area contributed by atoms with Crippen molar-refractivity contribution in [2.45, 2.75) is 13.5 Å². The molecule has 18 heavy (non-hydrogen) atoms. The van der Waals surface area contributed by atoms with E-state index in [1.807, 2.05) is 25.1 Å². The van der Waals surface area contributed by atoms with Gasteiger partial charge in [-0.2, -0.15) is 5.10 Å². The lowest BCUT2D eigenvalue weighted by atomic mass is 10.1. The molecule has 1 aromatic carbocycles. The summed E-state index contributed by atoms with van der Waals surface area (Å²) in [7, 11) is 1.35. The highest BCUT2D eigenvalue weighted by atomic mass is 16.5. The van der Waals surface area contributed by atoms with Gasteiger partial charge in [-0.25, -0.2) is 0 Å². The molecule has 2 rings (SSSR count). The van der Waals surface area contributed by atoms with Crippen LogP contribution in [0.4, 0.5) is 5.69 Å². The smallest absolute Gasteiger partial charge is 0.327 e. The van der Waals surface area contributed by atoms with Crippen LogP contribution in [0.1, 0.15) is 5.56 Å². The third kappa shape index (κ3) is 2.51. The van der Waals surface area contributed by atoms with E-state index in [9.17, 15) is 4.79 Å². The first-order chi connectivity index (χ1) is 8.60. The minimum Gasteiger partial charge on any atom is -0.468 e. The highest BCUT2D eigenvalue weighted by Gasteiger charge is 2.06. The van der Waals surface area contributed by atoms with Gasteiger partial charge in [0.2, 0.25) is 0 Å². The van der Waals surface area contributed by atoms with Crippen LogP contribution >= 0.6 is 0 Å². The van der Waals surface area contributed by atoms with Crippen LogP contribution in [0.2, 0.25) is 0 Å². The van der Waals surface area contributed by atoms with E-state index in [2.05, 4.69) is 9.84 Å². The number of nitrogen functional groups attached to an aromatic ring is 1. The van der Waals surface area contributed by atoms with Crippen molar-refractivity contribution in [2.24, 2.45) is 0 Å². The van der Waals surface area contributed by atoms with E-state index in [0.29, 0.717) is 0 Å². The summed E-state index contributed by atoms with van der Waals surface area (Å²) in [6, 6.07) is 5.84. The molecule has 94 valence electrons. The lowest BCUT2D eigenvalue weighted by molar-refractivity contribution is -0.141. The number of ether oxygens (including phenoxy) is 1. The van der Waals surface area contributed by atoms with Gasteiger partial charge in [0, 0.05) is 17.4 Å². The number of methoxy groups -OCH3 is 1. The second kappa shape index (κ2) is 4.91. The molecule has 5 nitrogen and oxygen atoms in total. The van der Waals surface area contributed by atoms with E-state index in [1.165, 1.54) is 11.8 Å². The van der Waals surface area contributed by atoms with Crippen molar-refractivity contribution < 1.29 is 9.53 Å². The van der Waals surface area contributed by atoms with Crippen molar-refractivity contribution in [1.82, 2.24) is 9.78 Å². The first-order valence-corrected chi connectivity index (χ1v) is 5.56. The summed E-state index contributed by atoms with van der Waals surface area (Å²) >= 11 is 0. The Morgan fingerprint density at radius 3 is 2.89 bits per heavy atom. The molecule has 0 saturated heterocycles. The Balaban J connectivity index is 2.23. The van der Waals surface area contributed by atoms with E-state index >= 15 is 0 Å². The fraction of sp³-hybridized carbons (Fsp3) is 0.231. The Labute approximate surface area is 105 Å². The predicted octanol–water partition coefficient (Wildman–Crippen LogP) is 1.61. The van der Waals surface area contributed by atoms with E-state index in [-0.39, 0.29) is 12.5 Å². The molecule has 0 atom stereocenters. The van der Waals surface area contributed by atoms with Crippen molar-refractivity contribution in [3.05, 3.63) is 36.2 Å². The van der Waals surface area contributed by atoms with E-state index in [1.54, 1.807) is 12.4 Å². The van der Waals surface area contributed by atoms with E-state index in [4.69, 9.17) is 5.73 Å². The zero-order chi connectivity index (χ0) is 13.1. The summed E-state index contributed by atoms with van der Waals surface area (Å²) in [4.78, 5) is 11.1. The Morgan fingerprint density at radius 2 is 2.22 bits per heavy atom. The quantitative estimate of drug-likeness (QED) is 0.659. The number of aromatic nitrogens is 2. The number of nitrogens with two attached hydrogens (primary N) is 1. The van der Waals surface area contributed by atoms with Crippen LogP contribution < -0.4 is 5.73 Å². The Hall–Kier alpha value is -2.30. The second-order valence-corrected chi connectivity index (χ2v) is 4.07. The van der Waals surface area contributed by atoms with Crippen molar-refractivity contribution >= 4 is 11.7 Å². The molecule has 2 N–H and O–H groups in total. The molecule has 0 amide bonds. The van der Waals surface area contributed by atoms with Crippen LogP contribution in [-0.2, 0) is 16.1 Å². The number of carbonyl (C=O) groups excluding carboxylic acids is 1. The summed E-state index contributed by atoms with van der Waals surface area (Å²) in [6.45, 7) is 2.07. The molecule has 2 aromatic rings. The number of esters is 1. The maximum Gasteiger partial charge on any atom is 0.327 e. The Kier molecular flexibility index (Phi) is 3.32. The molecule has 0 spiro atoms. The molecule has 0 saturated carbocycles. The van der Waals surface area contributed by atoms with Crippen LogP contribution in [0.25, 0.3) is 11.1 Å². The lowest BCUT2D eigenvalue weighted by Gasteiger charge is -2.02. The molecule has 0 aliphatic carbocycles. The summed E-state index contributed by atoms with van der Waals surface area (Å²) in [5, 5.41) is 4.11. The van der Waals surface area contributed by atoms with Crippen LogP contribution in [-0.4, -0.2) is 22.9 Å². The molecule has 1 aromatic heterocycles. The number of hydrogen-bond acceptors (Lipinski definition) is 4. The number of anilines is 1. The molecule has 5 heteroatoms. The molecule has 0 radical (unpaired) electrons. The van der Waals surface area contributed by atoms with Crippen molar-refractivity contribution in [3.8, 4) is 11.1 Å². The number of nitrogens with zero attached hydrogens (tertiary/aromatic N) is 2. The standard InChI is InChI=1S/C13H15N3O2/c1-9-3-4-10(5-12(9)14)11-6-15-16(7-11)8-13(17)18-2/h3-7H,8,14H2,1-2H3. The average Bonchev–Trinajstić information content (AvgIpc) is 2.81. The fourth-order valence-electron chi connectivity index (χ4n) is 1.62. The molecule has 0 aliphatic heterocycles. The second-order valence-electron chi connectivity index (χ2n) is 4.07. The number of carbonyl (C=O) groups is 1. The third-order valence-electron chi connectivity index (χ3n) is 2.76. The van der Waals surface area contributed by atoms with E-state index in [0.717, 1.165) is 22.4 Å². The predicted molar refractivity (Wildman–Crippen MR) is 68.8 cm³/mol. The monoisotopic (exact) mass is 245 g/mol. The minimum absolute atomic E-state index is 0.109. The van der Waals surface area contributed by atoms with Gasteiger partial charge in [0.1, 0.15) is 6.54 Å². The highest BCUT2D eigenvalue weighted by molar-refractivity contribution is 5.70. The topological polar surface area (TPSA) is 70.1 Å². The van der Waals surface area contributed by atoms with Crippen LogP contribution in [0.3, 0.4) is 0 Å². The maximum absolute atomic E-state index is 11.1. The SMILES string of the molecule is COC(=O)Cn1cc(-c2ccc(C)c(N)c2)cn1. The highest BCUT2D eigenvalue weighted by Crippen LogP contribution is 2.23. The molecule has 1 heterocycles. The summed E-state index contributed by atoms with van der Waals surface area (Å²) in [6.07, 6.45) is 3.49. The summed E-state index contributed by atoms with van der Waals surface area (Å²) < 4.78 is 6.12. The fourth-order valence-corrected chi connectivity index (χ4v) is 1.62. The van der Waals surface area contributed by atoms with Crippen LogP contribution in [0.5, 0.6) is 0 Å². The Bertz CT molecular complexity index is 575. The molecule has 0 bridgehead atoms. The largest absolute Gasteiger partial charge is 0.468 e. The van der Waals surface area contributed by atoms with Crippen LogP contribution in [0, 0.1) is 6.92 Å². The van der Waals surface area contributed by atoms with Gasteiger partial charge < -0.3 is 10.5 Å². The van der Waals surface area contributed by atoms with Crippen LogP contribution in [0.15, 0.2) is 30.6 Å².